The summed E-state index contributed by atoms with van der Waals surface area (Å²) in [6.45, 7) is 2.90. The number of unbranched alkanes of at least 4 members (excludes halogenated alkanes) is 2. The van der Waals surface area contributed by atoms with Crippen LogP contribution in [-0.2, 0) is 10.5 Å². The Bertz CT molecular complexity index is 1290. The molecule has 0 saturated heterocycles. The van der Waals surface area contributed by atoms with Crippen LogP contribution in [0.4, 0.5) is 0 Å². The van der Waals surface area contributed by atoms with Crippen molar-refractivity contribution in [2.75, 3.05) is 12.4 Å². The molecule has 0 radical (unpaired) electrons. The second-order valence-corrected chi connectivity index (χ2v) is 11.4. The smallest absolute Gasteiger partial charge is 0.250 e. The Morgan fingerprint density at radius 3 is 2.61 bits per heavy atom. The first kappa shape index (κ1) is 26.2. The highest BCUT2D eigenvalue weighted by Crippen LogP contribution is 2.32. The van der Waals surface area contributed by atoms with E-state index >= 15 is 0 Å². The predicted octanol–water partition coefficient (Wildman–Crippen LogP) is 6.80. The third-order valence-corrected chi connectivity index (χ3v) is 8.48. The number of amides is 1. The van der Waals surface area contributed by atoms with Gasteiger partial charge in [0.1, 0.15) is 5.75 Å². The van der Waals surface area contributed by atoms with Crippen molar-refractivity contribution in [3.8, 4) is 5.75 Å². The van der Waals surface area contributed by atoms with Crippen molar-refractivity contribution in [3.05, 3.63) is 77.9 Å². The van der Waals surface area contributed by atoms with Crippen molar-refractivity contribution >= 4 is 57.8 Å². The summed E-state index contributed by atoms with van der Waals surface area (Å²) < 4.78 is 7.37. The van der Waals surface area contributed by atoms with Crippen LogP contribution in [0.25, 0.3) is 10.8 Å². The van der Waals surface area contributed by atoms with Gasteiger partial charge in [0, 0.05) is 5.75 Å². The van der Waals surface area contributed by atoms with Crippen molar-refractivity contribution in [2.24, 2.45) is 5.10 Å². The zero-order valence-corrected chi connectivity index (χ0v) is 22.5. The van der Waals surface area contributed by atoms with Gasteiger partial charge < -0.3 is 4.74 Å². The van der Waals surface area contributed by atoms with Crippen LogP contribution < -0.4 is 10.2 Å². The van der Waals surface area contributed by atoms with E-state index in [1.807, 2.05) is 24.3 Å². The number of carbonyl (C=O) groups excluding carboxylic acids is 1. The molecule has 6 nitrogen and oxygen atoms in total. The predicted molar refractivity (Wildman–Crippen MR) is 151 cm³/mol. The molecule has 0 aliphatic heterocycles. The summed E-state index contributed by atoms with van der Waals surface area (Å²) in [7, 11) is 0. The van der Waals surface area contributed by atoms with Gasteiger partial charge >= 0.3 is 0 Å². The highest BCUT2D eigenvalue weighted by atomic mass is 32.2. The number of hydrazone groups is 1. The van der Waals surface area contributed by atoms with Crippen LogP contribution in [0.1, 0.15) is 37.3 Å². The van der Waals surface area contributed by atoms with Crippen molar-refractivity contribution < 1.29 is 9.53 Å². The number of hydrogen-bond acceptors (Lipinski definition) is 8. The fourth-order valence-corrected chi connectivity index (χ4v) is 6.22. The van der Waals surface area contributed by atoms with E-state index in [4.69, 9.17) is 4.74 Å². The number of hydrogen-bond donors (Lipinski definition) is 1. The van der Waals surface area contributed by atoms with E-state index in [1.165, 1.54) is 52.3 Å². The number of ether oxygens (including phenoxy) is 1. The number of rotatable bonds is 13. The standard InChI is InChI=1S/C27H28N4O2S3/c1-2-3-6-16-33-23-14-12-20(13-15-23)17-28-29-25(32)19-35-27-31-30-26(36-27)34-18-22-10-7-9-21-8-4-5-11-24(21)22/h4-5,7-15,17H,2-3,6,16,18-19H2,1H3,(H,29,32)/b28-17-. The fraction of sp³-hybridized carbons (Fsp3) is 0.259. The number of fused-ring (bicyclic) bond motifs is 1. The largest absolute Gasteiger partial charge is 0.494 e. The molecule has 4 rings (SSSR count). The first-order valence-corrected chi connectivity index (χ1v) is 14.6. The van der Waals surface area contributed by atoms with Crippen LogP contribution in [0.15, 0.2) is 80.5 Å². The van der Waals surface area contributed by atoms with E-state index in [9.17, 15) is 4.79 Å². The van der Waals surface area contributed by atoms with Crippen LogP contribution >= 0.6 is 34.9 Å². The number of nitrogens with one attached hydrogen (secondary N) is 1. The molecule has 0 atom stereocenters. The summed E-state index contributed by atoms with van der Waals surface area (Å²) in [6, 6.07) is 22.4. The summed E-state index contributed by atoms with van der Waals surface area (Å²) in [5.74, 6) is 1.70. The molecule has 1 amide bonds. The second-order valence-electron chi connectivity index (χ2n) is 7.97. The minimum absolute atomic E-state index is 0.188. The Hall–Kier alpha value is -2.88. The van der Waals surface area contributed by atoms with Crippen molar-refractivity contribution in [1.82, 2.24) is 15.6 Å². The summed E-state index contributed by atoms with van der Waals surface area (Å²) >= 11 is 4.53. The summed E-state index contributed by atoms with van der Waals surface area (Å²) in [5.41, 5.74) is 4.73. The van der Waals surface area contributed by atoms with Crippen LogP contribution in [0.3, 0.4) is 0 Å². The molecule has 0 unspecified atom stereocenters. The second kappa shape index (κ2) is 14.0. The number of benzene rings is 3. The van der Waals surface area contributed by atoms with Gasteiger partial charge in [0.05, 0.1) is 18.6 Å². The van der Waals surface area contributed by atoms with Gasteiger partial charge in [-0.2, -0.15) is 5.10 Å². The summed E-state index contributed by atoms with van der Waals surface area (Å²) in [4.78, 5) is 12.2. The molecule has 0 aliphatic carbocycles. The maximum atomic E-state index is 12.2. The zero-order chi connectivity index (χ0) is 25.0. The number of aromatic nitrogens is 2. The van der Waals surface area contributed by atoms with Crippen LogP contribution in [0, 0.1) is 0 Å². The highest BCUT2D eigenvalue weighted by molar-refractivity contribution is 8.03. The van der Waals surface area contributed by atoms with E-state index in [-0.39, 0.29) is 11.7 Å². The molecule has 1 N–H and O–H groups in total. The quantitative estimate of drug-likeness (QED) is 0.0877. The Balaban J connectivity index is 1.18. The lowest BCUT2D eigenvalue weighted by Crippen LogP contribution is -2.19. The van der Waals surface area contributed by atoms with Gasteiger partial charge in [-0.3, -0.25) is 4.79 Å². The van der Waals surface area contributed by atoms with E-state index in [0.29, 0.717) is 0 Å². The molecule has 36 heavy (non-hydrogen) atoms. The van der Waals surface area contributed by atoms with Crippen LogP contribution in [0.2, 0.25) is 0 Å². The highest BCUT2D eigenvalue weighted by Gasteiger charge is 2.09. The maximum absolute atomic E-state index is 12.2. The average molecular weight is 537 g/mol. The number of carbonyl (C=O) groups is 1. The normalized spacial score (nSPS) is 11.2. The van der Waals surface area contributed by atoms with Crippen molar-refractivity contribution in [2.45, 2.75) is 40.6 Å². The molecule has 0 aliphatic rings. The summed E-state index contributed by atoms with van der Waals surface area (Å²) in [5, 5.41) is 15.0. The zero-order valence-electron chi connectivity index (χ0n) is 20.1. The Morgan fingerprint density at radius 2 is 1.78 bits per heavy atom. The van der Waals surface area contributed by atoms with Gasteiger partial charge in [0.25, 0.3) is 5.91 Å². The Kier molecular flexibility index (Phi) is 10.2. The molecule has 1 aromatic heterocycles. The van der Waals surface area contributed by atoms with Crippen molar-refractivity contribution in [1.29, 1.82) is 0 Å². The first-order valence-electron chi connectivity index (χ1n) is 11.8. The average Bonchev–Trinajstić information content (AvgIpc) is 3.37. The third kappa shape index (κ3) is 8.08. The van der Waals surface area contributed by atoms with Crippen molar-refractivity contribution in [3.63, 3.8) is 0 Å². The molecular weight excluding hydrogens is 509 g/mol. The monoisotopic (exact) mass is 536 g/mol. The third-order valence-electron chi connectivity index (χ3n) is 5.25. The SMILES string of the molecule is CCCCCOc1ccc(/C=N\NC(=O)CSc2nnc(SCc3cccc4ccccc34)s2)cc1. The summed E-state index contributed by atoms with van der Waals surface area (Å²) in [6.07, 6.45) is 5.03. The van der Waals surface area contributed by atoms with Gasteiger partial charge in [-0.05, 0) is 52.6 Å². The Labute approximate surface area is 223 Å². The van der Waals surface area contributed by atoms with Gasteiger partial charge in [0.15, 0.2) is 8.68 Å². The first-order chi connectivity index (χ1) is 17.7. The molecule has 1 heterocycles. The Morgan fingerprint density at radius 1 is 1.00 bits per heavy atom. The molecule has 0 bridgehead atoms. The lowest BCUT2D eigenvalue weighted by molar-refractivity contribution is -0.118. The van der Waals surface area contributed by atoms with E-state index in [2.05, 4.69) is 70.1 Å². The minimum atomic E-state index is -0.188. The van der Waals surface area contributed by atoms with Crippen LogP contribution in [-0.4, -0.2) is 34.7 Å². The van der Waals surface area contributed by atoms with E-state index < -0.39 is 0 Å². The molecule has 0 fully saturated rings. The fourth-order valence-electron chi connectivity index (χ4n) is 3.40. The molecule has 3 aromatic carbocycles. The lowest BCUT2D eigenvalue weighted by atomic mass is 10.1. The molecule has 9 heteroatoms. The molecule has 186 valence electrons. The van der Waals surface area contributed by atoms with Gasteiger partial charge in [0.2, 0.25) is 0 Å². The van der Waals surface area contributed by atoms with Crippen LogP contribution in [0.5, 0.6) is 5.75 Å². The van der Waals surface area contributed by atoms with E-state index in [0.717, 1.165) is 38.8 Å². The molecule has 4 aromatic rings. The molecule has 0 spiro atoms. The lowest BCUT2D eigenvalue weighted by Gasteiger charge is -2.05. The van der Waals surface area contributed by atoms with Gasteiger partial charge in [-0.15, -0.1) is 10.2 Å². The molecule has 0 saturated carbocycles. The van der Waals surface area contributed by atoms with Gasteiger partial charge in [-0.25, -0.2) is 5.43 Å². The number of nitrogens with zero attached hydrogens (tertiary/aromatic N) is 3. The van der Waals surface area contributed by atoms with Gasteiger partial charge in [-0.1, -0.05) is 97.1 Å². The minimum Gasteiger partial charge on any atom is -0.494 e. The topological polar surface area (TPSA) is 76.5 Å². The number of thioether (sulfide) groups is 2. The molecular formula is C27H28N4O2S3. The maximum Gasteiger partial charge on any atom is 0.250 e. The van der Waals surface area contributed by atoms with E-state index in [1.54, 1.807) is 18.0 Å².